The molecule has 0 radical (unpaired) electrons. The predicted molar refractivity (Wildman–Crippen MR) is 67.2 cm³/mol. The van der Waals surface area contributed by atoms with Gasteiger partial charge in [0.2, 0.25) is 5.88 Å². The molecule has 17 heavy (non-hydrogen) atoms. The topological polar surface area (TPSA) is 35.0 Å². The zero-order chi connectivity index (χ0) is 12.1. The second kappa shape index (κ2) is 5.43. The van der Waals surface area contributed by atoms with E-state index in [4.69, 9.17) is 4.74 Å². The van der Waals surface area contributed by atoms with Gasteiger partial charge in [-0.2, -0.15) is 5.10 Å². The van der Waals surface area contributed by atoms with Crippen LogP contribution in [-0.4, -0.2) is 17.3 Å². The molecule has 0 spiro atoms. The van der Waals surface area contributed by atoms with Crippen molar-refractivity contribution in [2.24, 2.45) is 0 Å². The highest BCUT2D eigenvalue weighted by Gasteiger charge is 2.04. The fourth-order valence-electron chi connectivity index (χ4n) is 1.76. The van der Waals surface area contributed by atoms with Crippen LogP contribution in [0.25, 0.3) is 0 Å². The third kappa shape index (κ3) is 2.81. The lowest BCUT2D eigenvalue weighted by atomic mass is 10.0. The van der Waals surface area contributed by atoms with Gasteiger partial charge < -0.3 is 4.74 Å². The molecule has 0 N–H and O–H groups in total. The van der Waals surface area contributed by atoms with Crippen LogP contribution in [0.15, 0.2) is 36.5 Å². The molecule has 3 nitrogen and oxygen atoms in total. The Morgan fingerprint density at radius 1 is 1.06 bits per heavy atom. The first-order chi connectivity index (χ1) is 8.33. The molecule has 1 heterocycles. The number of methoxy groups -OCH3 is 1. The van der Waals surface area contributed by atoms with E-state index in [1.165, 1.54) is 11.1 Å². The normalized spacial score (nSPS) is 10.2. The monoisotopic (exact) mass is 228 g/mol. The molecule has 0 unspecified atom stereocenters. The van der Waals surface area contributed by atoms with E-state index >= 15 is 0 Å². The Kier molecular flexibility index (Phi) is 3.70. The lowest BCUT2D eigenvalue weighted by molar-refractivity contribution is 0.387. The van der Waals surface area contributed by atoms with Crippen molar-refractivity contribution in [3.05, 3.63) is 53.2 Å². The molecule has 0 aliphatic rings. The van der Waals surface area contributed by atoms with Gasteiger partial charge in [0.15, 0.2) is 0 Å². The Bertz CT molecular complexity index is 480. The zero-order valence-electron chi connectivity index (χ0n) is 10.2. The molecule has 2 rings (SSSR count). The van der Waals surface area contributed by atoms with Crippen molar-refractivity contribution in [1.82, 2.24) is 10.2 Å². The molecular formula is C14H16N2O. The second-order valence-electron chi connectivity index (χ2n) is 3.91. The van der Waals surface area contributed by atoms with Crippen LogP contribution in [-0.2, 0) is 12.8 Å². The van der Waals surface area contributed by atoms with E-state index in [9.17, 15) is 0 Å². The number of hydrogen-bond donors (Lipinski definition) is 0. The van der Waals surface area contributed by atoms with Gasteiger partial charge in [-0.3, -0.25) is 0 Å². The van der Waals surface area contributed by atoms with Crippen LogP contribution in [0.5, 0.6) is 5.88 Å². The summed E-state index contributed by atoms with van der Waals surface area (Å²) in [6.45, 7) is 2.16. The lowest BCUT2D eigenvalue weighted by Crippen LogP contribution is -1.97. The number of nitrogens with zero attached hydrogens (tertiary/aromatic N) is 2. The van der Waals surface area contributed by atoms with Crippen molar-refractivity contribution in [1.29, 1.82) is 0 Å². The molecule has 1 aromatic carbocycles. The molecular weight excluding hydrogens is 212 g/mol. The Balaban J connectivity index is 2.19. The summed E-state index contributed by atoms with van der Waals surface area (Å²) in [4.78, 5) is 0. The van der Waals surface area contributed by atoms with Crippen LogP contribution in [0.4, 0.5) is 0 Å². The number of aryl methyl sites for hydroxylation is 1. The van der Waals surface area contributed by atoms with Crippen LogP contribution < -0.4 is 4.74 Å². The number of hydrogen-bond acceptors (Lipinski definition) is 3. The predicted octanol–water partition coefficient (Wildman–Crippen LogP) is 2.64. The van der Waals surface area contributed by atoms with E-state index in [2.05, 4.69) is 41.4 Å². The first-order valence-electron chi connectivity index (χ1n) is 5.76. The minimum atomic E-state index is 0.604. The fourth-order valence-corrected chi connectivity index (χ4v) is 1.76. The molecule has 0 fully saturated rings. The molecule has 0 saturated heterocycles. The highest BCUT2D eigenvalue weighted by atomic mass is 16.5. The molecule has 0 saturated carbocycles. The van der Waals surface area contributed by atoms with Gasteiger partial charge >= 0.3 is 0 Å². The van der Waals surface area contributed by atoms with Crippen LogP contribution in [0.2, 0.25) is 0 Å². The summed E-state index contributed by atoms with van der Waals surface area (Å²) in [5, 5.41) is 7.77. The maximum absolute atomic E-state index is 5.19. The standard InChI is InChI=1S/C14H16N2O/c1-3-11-4-6-12(7-5-11)10-13-8-9-15-16-14(13)17-2/h4-9H,3,10H2,1-2H3. The molecule has 0 amide bonds. The number of ether oxygens (including phenoxy) is 1. The quantitative estimate of drug-likeness (QED) is 0.807. The number of benzene rings is 1. The number of rotatable bonds is 4. The molecule has 88 valence electrons. The van der Waals surface area contributed by atoms with Gasteiger partial charge in [0.25, 0.3) is 0 Å². The van der Waals surface area contributed by atoms with Gasteiger partial charge in [-0.05, 0) is 23.6 Å². The van der Waals surface area contributed by atoms with Crippen molar-refractivity contribution in [3.63, 3.8) is 0 Å². The molecule has 0 aliphatic heterocycles. The Morgan fingerprint density at radius 3 is 2.41 bits per heavy atom. The summed E-state index contributed by atoms with van der Waals surface area (Å²) in [5.74, 6) is 0.604. The SMILES string of the molecule is CCc1ccc(Cc2ccnnc2OC)cc1. The second-order valence-corrected chi connectivity index (χ2v) is 3.91. The summed E-state index contributed by atoms with van der Waals surface area (Å²) in [5.41, 5.74) is 3.67. The maximum Gasteiger partial charge on any atom is 0.236 e. The minimum Gasteiger partial charge on any atom is -0.480 e. The van der Waals surface area contributed by atoms with Gasteiger partial charge in [-0.25, -0.2) is 0 Å². The summed E-state index contributed by atoms with van der Waals surface area (Å²) < 4.78 is 5.19. The average molecular weight is 228 g/mol. The van der Waals surface area contributed by atoms with E-state index in [1.54, 1.807) is 13.3 Å². The average Bonchev–Trinajstić information content (AvgIpc) is 2.40. The van der Waals surface area contributed by atoms with Gasteiger partial charge in [0, 0.05) is 12.0 Å². The van der Waals surface area contributed by atoms with E-state index in [1.807, 2.05) is 6.07 Å². The Hall–Kier alpha value is -1.90. The highest BCUT2D eigenvalue weighted by molar-refractivity contribution is 5.32. The van der Waals surface area contributed by atoms with Crippen molar-refractivity contribution < 1.29 is 4.74 Å². The van der Waals surface area contributed by atoms with Crippen molar-refractivity contribution in [2.45, 2.75) is 19.8 Å². The van der Waals surface area contributed by atoms with Crippen molar-refractivity contribution in [2.75, 3.05) is 7.11 Å². The van der Waals surface area contributed by atoms with E-state index < -0.39 is 0 Å². The molecule has 2 aromatic rings. The van der Waals surface area contributed by atoms with Crippen LogP contribution in [0, 0.1) is 0 Å². The molecule has 0 atom stereocenters. The Labute approximate surface area is 101 Å². The van der Waals surface area contributed by atoms with Gasteiger partial charge in [0.1, 0.15) is 0 Å². The third-order valence-electron chi connectivity index (χ3n) is 2.78. The zero-order valence-corrected chi connectivity index (χ0v) is 10.2. The number of aromatic nitrogens is 2. The third-order valence-corrected chi connectivity index (χ3v) is 2.78. The van der Waals surface area contributed by atoms with Crippen molar-refractivity contribution >= 4 is 0 Å². The van der Waals surface area contributed by atoms with Crippen LogP contribution >= 0.6 is 0 Å². The summed E-state index contributed by atoms with van der Waals surface area (Å²) in [6, 6.07) is 10.6. The smallest absolute Gasteiger partial charge is 0.236 e. The maximum atomic E-state index is 5.19. The minimum absolute atomic E-state index is 0.604. The first-order valence-corrected chi connectivity index (χ1v) is 5.76. The summed E-state index contributed by atoms with van der Waals surface area (Å²) in [7, 11) is 1.62. The highest BCUT2D eigenvalue weighted by Crippen LogP contribution is 2.17. The van der Waals surface area contributed by atoms with Crippen LogP contribution in [0.3, 0.4) is 0 Å². The van der Waals surface area contributed by atoms with Crippen molar-refractivity contribution in [3.8, 4) is 5.88 Å². The first kappa shape index (κ1) is 11.6. The van der Waals surface area contributed by atoms with Gasteiger partial charge in [0.05, 0.1) is 13.3 Å². The van der Waals surface area contributed by atoms with Gasteiger partial charge in [-0.1, -0.05) is 31.2 Å². The van der Waals surface area contributed by atoms with E-state index in [-0.39, 0.29) is 0 Å². The Morgan fingerprint density at radius 2 is 1.76 bits per heavy atom. The molecule has 3 heteroatoms. The summed E-state index contributed by atoms with van der Waals surface area (Å²) in [6.07, 6.45) is 3.58. The molecule has 1 aromatic heterocycles. The molecule has 0 bridgehead atoms. The van der Waals surface area contributed by atoms with Gasteiger partial charge in [-0.15, -0.1) is 5.10 Å². The molecule has 0 aliphatic carbocycles. The summed E-state index contributed by atoms with van der Waals surface area (Å²) >= 11 is 0. The largest absolute Gasteiger partial charge is 0.480 e. The fraction of sp³-hybridized carbons (Fsp3) is 0.286. The van der Waals surface area contributed by atoms with Crippen LogP contribution in [0.1, 0.15) is 23.6 Å². The van der Waals surface area contributed by atoms with E-state index in [0.29, 0.717) is 5.88 Å². The lowest BCUT2D eigenvalue weighted by Gasteiger charge is -2.06. The van der Waals surface area contributed by atoms with E-state index in [0.717, 1.165) is 18.4 Å².